The summed E-state index contributed by atoms with van der Waals surface area (Å²) < 4.78 is 0. The lowest BCUT2D eigenvalue weighted by Crippen LogP contribution is -2.58. The third-order valence-electron chi connectivity index (χ3n) is 6.55. The second kappa shape index (κ2) is 14.6. The Balaban J connectivity index is 2.31. The van der Waals surface area contributed by atoms with Crippen molar-refractivity contribution in [3.05, 3.63) is 36.0 Å². The van der Waals surface area contributed by atoms with Gasteiger partial charge in [0.2, 0.25) is 23.6 Å². The molecular formula is C26H36N6O8. The van der Waals surface area contributed by atoms with Gasteiger partial charge in [-0.3, -0.25) is 24.0 Å². The van der Waals surface area contributed by atoms with E-state index in [1.54, 1.807) is 32.2 Å². The average Bonchev–Trinajstić information content (AvgIpc) is 3.31. The van der Waals surface area contributed by atoms with Crippen molar-refractivity contribution in [2.24, 2.45) is 17.4 Å². The zero-order chi connectivity index (χ0) is 30.0. The molecule has 0 aliphatic heterocycles. The van der Waals surface area contributed by atoms with E-state index in [0.717, 1.165) is 10.9 Å². The van der Waals surface area contributed by atoms with Gasteiger partial charge in [-0.2, -0.15) is 0 Å². The number of aliphatic carboxylic acids is 2. The number of carbonyl (C=O) groups excluding carboxylic acids is 4. The second-order valence-electron chi connectivity index (χ2n) is 9.61. The number of para-hydroxylation sites is 1. The maximum Gasteiger partial charge on any atom is 0.326 e. The third kappa shape index (κ3) is 9.08. The van der Waals surface area contributed by atoms with Crippen LogP contribution in [-0.2, 0) is 35.2 Å². The number of fused-ring (bicyclic) bond motifs is 1. The van der Waals surface area contributed by atoms with Crippen molar-refractivity contribution >= 4 is 46.5 Å². The van der Waals surface area contributed by atoms with Gasteiger partial charge >= 0.3 is 11.9 Å². The Morgan fingerprint density at radius 1 is 0.950 bits per heavy atom. The summed E-state index contributed by atoms with van der Waals surface area (Å²) in [7, 11) is 0. The number of hydrogen-bond donors (Lipinski definition) is 8. The van der Waals surface area contributed by atoms with Crippen molar-refractivity contribution in [3.63, 3.8) is 0 Å². The van der Waals surface area contributed by atoms with Crippen LogP contribution in [0, 0.1) is 5.92 Å². The Bertz CT molecular complexity index is 1240. The van der Waals surface area contributed by atoms with Crippen molar-refractivity contribution < 1.29 is 39.0 Å². The number of nitrogens with two attached hydrogens (primary N) is 2. The van der Waals surface area contributed by atoms with Crippen molar-refractivity contribution in [1.29, 1.82) is 0 Å². The highest BCUT2D eigenvalue weighted by Crippen LogP contribution is 2.19. The lowest BCUT2D eigenvalue weighted by atomic mass is 9.98. The first kappa shape index (κ1) is 31.8. The van der Waals surface area contributed by atoms with Crippen LogP contribution in [0.15, 0.2) is 30.5 Å². The van der Waals surface area contributed by atoms with E-state index in [4.69, 9.17) is 16.6 Å². The first-order chi connectivity index (χ1) is 18.8. The van der Waals surface area contributed by atoms with Crippen molar-refractivity contribution in [2.45, 2.75) is 70.1 Å². The zero-order valence-electron chi connectivity index (χ0n) is 22.3. The van der Waals surface area contributed by atoms with E-state index < -0.39 is 72.1 Å². The molecule has 0 fully saturated rings. The number of carbonyl (C=O) groups is 6. The minimum Gasteiger partial charge on any atom is -0.481 e. The van der Waals surface area contributed by atoms with Gasteiger partial charge in [-0.1, -0.05) is 38.5 Å². The van der Waals surface area contributed by atoms with E-state index in [1.165, 1.54) is 0 Å². The number of aromatic amines is 1. The maximum atomic E-state index is 13.4. The molecule has 218 valence electrons. The highest BCUT2D eigenvalue weighted by molar-refractivity contribution is 5.96. The van der Waals surface area contributed by atoms with Gasteiger partial charge < -0.3 is 42.6 Å². The van der Waals surface area contributed by atoms with Crippen LogP contribution in [0.4, 0.5) is 0 Å². The monoisotopic (exact) mass is 560 g/mol. The highest BCUT2D eigenvalue weighted by Gasteiger charge is 2.33. The fraction of sp³-hybridized carbons (Fsp3) is 0.462. The summed E-state index contributed by atoms with van der Waals surface area (Å²) in [6, 6.07) is 1.89. The number of H-pyrrole nitrogens is 1. The fourth-order valence-electron chi connectivity index (χ4n) is 4.04. The molecule has 0 aliphatic rings. The van der Waals surface area contributed by atoms with E-state index in [0.29, 0.717) is 12.0 Å². The van der Waals surface area contributed by atoms with Gasteiger partial charge in [0, 0.05) is 29.9 Å². The predicted octanol–water partition coefficient (Wildman–Crippen LogP) is -0.637. The molecule has 0 radical (unpaired) electrons. The van der Waals surface area contributed by atoms with E-state index in [1.807, 2.05) is 12.1 Å². The molecule has 0 aliphatic carbocycles. The number of carboxylic acid groups (broad SMARTS) is 2. The molecule has 1 heterocycles. The van der Waals surface area contributed by atoms with Crippen molar-refractivity contribution in [3.8, 4) is 0 Å². The smallest absolute Gasteiger partial charge is 0.326 e. The van der Waals surface area contributed by atoms with Crippen LogP contribution >= 0.6 is 0 Å². The van der Waals surface area contributed by atoms with Crippen LogP contribution in [0.3, 0.4) is 0 Å². The summed E-state index contributed by atoms with van der Waals surface area (Å²) in [4.78, 5) is 76.5. The third-order valence-corrected chi connectivity index (χ3v) is 6.55. The summed E-state index contributed by atoms with van der Waals surface area (Å²) in [5.74, 6) is -6.40. The molecule has 5 atom stereocenters. The van der Waals surface area contributed by atoms with E-state index >= 15 is 0 Å². The number of carboxylic acids is 2. The number of aromatic nitrogens is 1. The minimum atomic E-state index is -1.53. The zero-order valence-corrected chi connectivity index (χ0v) is 22.3. The lowest BCUT2D eigenvalue weighted by Gasteiger charge is -2.26. The molecule has 40 heavy (non-hydrogen) atoms. The predicted molar refractivity (Wildman–Crippen MR) is 144 cm³/mol. The number of benzene rings is 1. The average molecular weight is 561 g/mol. The number of rotatable bonds is 16. The largest absolute Gasteiger partial charge is 0.481 e. The number of primary amides is 1. The lowest BCUT2D eigenvalue weighted by molar-refractivity contribution is -0.144. The van der Waals surface area contributed by atoms with Crippen LogP contribution in [-0.4, -0.2) is 74.9 Å². The molecule has 1 aromatic heterocycles. The Hall–Kier alpha value is -4.46. The molecule has 0 spiro atoms. The van der Waals surface area contributed by atoms with Gasteiger partial charge in [0.1, 0.15) is 18.1 Å². The van der Waals surface area contributed by atoms with Crippen LogP contribution in [0.2, 0.25) is 0 Å². The molecular weight excluding hydrogens is 524 g/mol. The molecule has 2 rings (SSSR count). The van der Waals surface area contributed by atoms with Gasteiger partial charge in [0.05, 0.1) is 12.5 Å². The molecule has 2 aromatic rings. The summed E-state index contributed by atoms with van der Waals surface area (Å²) >= 11 is 0. The first-order valence-electron chi connectivity index (χ1n) is 12.8. The second-order valence-corrected chi connectivity index (χ2v) is 9.61. The molecule has 14 heteroatoms. The summed E-state index contributed by atoms with van der Waals surface area (Å²) in [6.07, 6.45) is 0.861. The Morgan fingerprint density at radius 3 is 2.17 bits per heavy atom. The van der Waals surface area contributed by atoms with Crippen molar-refractivity contribution in [2.75, 3.05) is 0 Å². The number of hydrogen-bond acceptors (Lipinski definition) is 7. The normalized spacial score (nSPS) is 14.8. The molecule has 4 amide bonds. The quantitative estimate of drug-likeness (QED) is 0.130. The van der Waals surface area contributed by atoms with Gasteiger partial charge in [0.25, 0.3) is 0 Å². The molecule has 1 aromatic carbocycles. The standard InChI is InChI=1S/C26H36N6O8/c1-3-13(2)22(26(39)40)32-25(38)19(11-20(28)33)31-24(37)18(30-23(36)16(27)8-9-21(34)35)10-14-12-29-17-7-5-4-6-15(14)17/h4-7,12-13,16,18-19,22,29H,3,8-11,27H2,1-2H3,(H2,28,33)(H,30,36)(H,31,37)(H,32,38)(H,34,35)(H,39,40). The number of amides is 4. The van der Waals surface area contributed by atoms with Gasteiger partial charge in [0.15, 0.2) is 0 Å². The maximum absolute atomic E-state index is 13.4. The van der Waals surface area contributed by atoms with Crippen LogP contribution in [0.5, 0.6) is 0 Å². The summed E-state index contributed by atoms with van der Waals surface area (Å²) in [5, 5.41) is 26.4. The fourth-order valence-corrected chi connectivity index (χ4v) is 4.04. The van der Waals surface area contributed by atoms with E-state index in [-0.39, 0.29) is 19.3 Å². The van der Waals surface area contributed by atoms with Crippen LogP contribution < -0.4 is 27.4 Å². The van der Waals surface area contributed by atoms with Gasteiger partial charge in [-0.15, -0.1) is 0 Å². The summed E-state index contributed by atoms with van der Waals surface area (Å²) in [5.41, 5.74) is 12.5. The summed E-state index contributed by atoms with van der Waals surface area (Å²) in [6.45, 7) is 3.37. The molecule has 14 nitrogen and oxygen atoms in total. The number of nitrogens with one attached hydrogen (secondary N) is 4. The van der Waals surface area contributed by atoms with Gasteiger partial charge in [-0.25, -0.2) is 4.79 Å². The molecule has 5 unspecified atom stereocenters. The Morgan fingerprint density at radius 2 is 1.57 bits per heavy atom. The Kier molecular flexibility index (Phi) is 11.6. The van der Waals surface area contributed by atoms with Crippen molar-refractivity contribution in [1.82, 2.24) is 20.9 Å². The minimum absolute atomic E-state index is 0.0528. The Labute approximate surface area is 230 Å². The molecule has 10 N–H and O–H groups in total. The molecule has 0 bridgehead atoms. The van der Waals surface area contributed by atoms with Gasteiger partial charge in [-0.05, 0) is 24.0 Å². The van der Waals surface area contributed by atoms with Crippen LogP contribution in [0.25, 0.3) is 10.9 Å². The highest BCUT2D eigenvalue weighted by atomic mass is 16.4. The molecule has 0 saturated carbocycles. The first-order valence-corrected chi connectivity index (χ1v) is 12.8. The SMILES string of the molecule is CCC(C)C(NC(=O)C(CC(N)=O)NC(=O)C(Cc1c[nH]c2ccccc12)NC(=O)C(N)CCC(=O)O)C(=O)O. The molecule has 0 saturated heterocycles. The van der Waals surface area contributed by atoms with Crippen LogP contribution in [0.1, 0.15) is 45.1 Å². The van der Waals surface area contributed by atoms with E-state index in [9.17, 15) is 33.9 Å². The topological polar surface area (TPSA) is 247 Å². The van der Waals surface area contributed by atoms with E-state index in [2.05, 4.69) is 20.9 Å².